The molecule has 1 aromatic heterocycles. The fraction of sp³-hybridized carbons (Fsp3) is 0.250. The molecular formula is C20H19FN2O3. The van der Waals surface area contributed by atoms with E-state index < -0.39 is 28.9 Å². The second kappa shape index (κ2) is 6.37. The summed E-state index contributed by atoms with van der Waals surface area (Å²) in [4.78, 5) is 31.0. The largest absolute Gasteiger partial charge is 0.503 e. The van der Waals surface area contributed by atoms with Crippen LogP contribution in [0.15, 0.2) is 60.1 Å². The summed E-state index contributed by atoms with van der Waals surface area (Å²) in [6.45, 7) is 5.14. The normalized spacial score (nSPS) is 17.8. The van der Waals surface area contributed by atoms with Gasteiger partial charge >= 0.3 is 0 Å². The summed E-state index contributed by atoms with van der Waals surface area (Å²) < 4.78 is 13.7. The van der Waals surface area contributed by atoms with E-state index in [2.05, 4.69) is 4.98 Å². The summed E-state index contributed by atoms with van der Waals surface area (Å²) in [5.74, 6) is -2.22. The Hall–Kier alpha value is -3.02. The van der Waals surface area contributed by atoms with Crippen LogP contribution in [0, 0.1) is 11.2 Å². The third-order valence-corrected chi connectivity index (χ3v) is 4.22. The highest BCUT2D eigenvalue weighted by Gasteiger charge is 2.46. The lowest BCUT2D eigenvalue weighted by atomic mass is 9.82. The topological polar surface area (TPSA) is 70.5 Å². The highest BCUT2D eigenvalue weighted by atomic mass is 19.1. The summed E-state index contributed by atoms with van der Waals surface area (Å²) in [5, 5.41) is 10.5. The lowest BCUT2D eigenvalue weighted by Gasteiger charge is -2.28. The van der Waals surface area contributed by atoms with Crippen molar-refractivity contribution in [3.8, 4) is 0 Å². The number of ketones is 1. The van der Waals surface area contributed by atoms with Gasteiger partial charge in [0.2, 0.25) is 0 Å². The third-order valence-electron chi connectivity index (χ3n) is 4.22. The van der Waals surface area contributed by atoms with Crippen molar-refractivity contribution >= 4 is 17.4 Å². The van der Waals surface area contributed by atoms with Crippen molar-refractivity contribution < 1.29 is 19.1 Å². The molecule has 1 amide bonds. The fourth-order valence-corrected chi connectivity index (χ4v) is 2.99. The van der Waals surface area contributed by atoms with Gasteiger partial charge in [0, 0.05) is 23.5 Å². The van der Waals surface area contributed by atoms with Gasteiger partial charge in [0.1, 0.15) is 5.82 Å². The van der Waals surface area contributed by atoms with Gasteiger partial charge in [0.05, 0.1) is 11.6 Å². The van der Waals surface area contributed by atoms with E-state index in [1.165, 1.54) is 29.3 Å². The number of pyridine rings is 1. The number of halogens is 1. The number of carbonyl (C=O) groups is 2. The van der Waals surface area contributed by atoms with Crippen molar-refractivity contribution in [1.82, 2.24) is 4.98 Å². The number of nitrogens with zero attached hydrogens (tertiary/aromatic N) is 2. The molecule has 0 spiro atoms. The van der Waals surface area contributed by atoms with E-state index in [1.54, 1.807) is 45.2 Å². The maximum Gasteiger partial charge on any atom is 0.294 e. The minimum atomic E-state index is -0.871. The zero-order valence-corrected chi connectivity index (χ0v) is 14.7. The molecule has 2 aromatic rings. The van der Waals surface area contributed by atoms with Crippen LogP contribution in [-0.4, -0.2) is 21.8 Å². The average Bonchev–Trinajstić information content (AvgIpc) is 2.85. The summed E-state index contributed by atoms with van der Waals surface area (Å²) in [6, 6.07) is 8.01. The van der Waals surface area contributed by atoms with Gasteiger partial charge in [-0.05, 0) is 29.8 Å². The third kappa shape index (κ3) is 2.98. The monoisotopic (exact) mass is 354 g/mol. The van der Waals surface area contributed by atoms with Crippen molar-refractivity contribution in [2.45, 2.75) is 26.8 Å². The van der Waals surface area contributed by atoms with Crippen LogP contribution in [0.3, 0.4) is 0 Å². The van der Waals surface area contributed by atoms with E-state index in [-0.39, 0.29) is 17.0 Å². The van der Waals surface area contributed by atoms with E-state index >= 15 is 0 Å². The lowest BCUT2D eigenvalue weighted by Crippen LogP contribution is -2.32. The number of aliphatic hydroxyl groups excluding tert-OH is 1. The molecular weight excluding hydrogens is 335 g/mol. The Kier molecular flexibility index (Phi) is 4.36. The predicted molar refractivity (Wildman–Crippen MR) is 95.0 cm³/mol. The molecule has 0 saturated carbocycles. The molecule has 134 valence electrons. The molecule has 0 aliphatic carbocycles. The van der Waals surface area contributed by atoms with Crippen molar-refractivity contribution in [3.05, 3.63) is 71.5 Å². The van der Waals surface area contributed by atoms with E-state index in [4.69, 9.17) is 0 Å². The fourth-order valence-electron chi connectivity index (χ4n) is 2.99. The number of amides is 1. The Morgan fingerprint density at radius 3 is 2.54 bits per heavy atom. The quantitative estimate of drug-likeness (QED) is 0.912. The Balaban J connectivity index is 2.21. The van der Waals surface area contributed by atoms with Gasteiger partial charge in [-0.1, -0.05) is 32.9 Å². The van der Waals surface area contributed by atoms with E-state index in [9.17, 15) is 19.1 Å². The molecule has 0 radical (unpaired) electrons. The Morgan fingerprint density at radius 1 is 1.23 bits per heavy atom. The molecule has 1 N–H and O–H groups in total. The van der Waals surface area contributed by atoms with Gasteiger partial charge in [-0.3, -0.25) is 19.5 Å². The van der Waals surface area contributed by atoms with Gasteiger partial charge in [-0.25, -0.2) is 4.39 Å². The minimum Gasteiger partial charge on any atom is -0.503 e. The molecule has 1 unspecified atom stereocenters. The molecule has 5 nitrogen and oxygen atoms in total. The second-order valence-corrected chi connectivity index (χ2v) is 7.19. The summed E-state index contributed by atoms with van der Waals surface area (Å²) in [5.41, 5.74) is 0.00998. The van der Waals surface area contributed by atoms with Gasteiger partial charge in [0.15, 0.2) is 11.5 Å². The van der Waals surface area contributed by atoms with Crippen LogP contribution in [0.25, 0.3) is 0 Å². The second-order valence-electron chi connectivity index (χ2n) is 7.19. The molecule has 3 rings (SSSR count). The highest BCUT2D eigenvalue weighted by Crippen LogP contribution is 2.43. The van der Waals surface area contributed by atoms with Crippen LogP contribution in [0.1, 0.15) is 32.4 Å². The standard InChI is InChI=1S/C20H19FN2O3/c1-20(2,3)18(25)15-16(12-6-5-9-22-11-12)23(19(26)17(15)24)14-8-4-7-13(21)10-14/h4-11,16,24H,1-3H3. The van der Waals surface area contributed by atoms with Crippen LogP contribution >= 0.6 is 0 Å². The zero-order valence-electron chi connectivity index (χ0n) is 14.7. The molecule has 0 saturated heterocycles. The first-order valence-corrected chi connectivity index (χ1v) is 8.19. The number of rotatable bonds is 3. The summed E-state index contributed by atoms with van der Waals surface area (Å²) in [6.07, 6.45) is 3.10. The number of Topliss-reactive ketones (excluding diaryl/α,β-unsaturated/α-hetero) is 1. The van der Waals surface area contributed by atoms with Gasteiger partial charge in [-0.2, -0.15) is 0 Å². The molecule has 26 heavy (non-hydrogen) atoms. The first-order valence-electron chi connectivity index (χ1n) is 8.19. The summed E-state index contributed by atoms with van der Waals surface area (Å²) >= 11 is 0. The number of benzene rings is 1. The van der Waals surface area contributed by atoms with Crippen LogP contribution in [0.2, 0.25) is 0 Å². The molecule has 0 fully saturated rings. The first-order chi connectivity index (χ1) is 12.2. The molecule has 6 heteroatoms. The van der Waals surface area contributed by atoms with Crippen LogP contribution in [0.5, 0.6) is 0 Å². The van der Waals surface area contributed by atoms with Gasteiger partial charge in [-0.15, -0.1) is 0 Å². The number of carbonyl (C=O) groups excluding carboxylic acids is 2. The first kappa shape index (κ1) is 17.8. The van der Waals surface area contributed by atoms with Crippen LogP contribution in [-0.2, 0) is 9.59 Å². The van der Waals surface area contributed by atoms with Crippen molar-refractivity contribution in [2.75, 3.05) is 4.90 Å². The Labute approximate surface area is 150 Å². The smallest absolute Gasteiger partial charge is 0.294 e. The zero-order chi connectivity index (χ0) is 19.1. The van der Waals surface area contributed by atoms with Gasteiger partial charge in [0.25, 0.3) is 5.91 Å². The Morgan fingerprint density at radius 2 is 1.96 bits per heavy atom. The number of hydrogen-bond acceptors (Lipinski definition) is 4. The molecule has 2 heterocycles. The maximum absolute atomic E-state index is 13.7. The van der Waals surface area contributed by atoms with E-state index in [0.29, 0.717) is 5.56 Å². The highest BCUT2D eigenvalue weighted by molar-refractivity contribution is 6.17. The molecule has 1 aromatic carbocycles. The van der Waals surface area contributed by atoms with Crippen molar-refractivity contribution in [3.63, 3.8) is 0 Å². The number of anilines is 1. The Bertz CT molecular complexity index is 901. The minimum absolute atomic E-state index is 0.000221. The van der Waals surface area contributed by atoms with Gasteiger partial charge < -0.3 is 5.11 Å². The van der Waals surface area contributed by atoms with E-state index in [0.717, 1.165) is 0 Å². The molecule has 1 aliphatic rings. The van der Waals surface area contributed by atoms with Crippen LogP contribution < -0.4 is 4.90 Å². The maximum atomic E-state index is 13.7. The number of hydrogen-bond donors (Lipinski definition) is 1. The van der Waals surface area contributed by atoms with E-state index in [1.807, 2.05) is 0 Å². The predicted octanol–water partition coefficient (Wildman–Crippen LogP) is 3.74. The van der Waals surface area contributed by atoms with Crippen molar-refractivity contribution in [1.29, 1.82) is 0 Å². The van der Waals surface area contributed by atoms with Crippen LogP contribution in [0.4, 0.5) is 10.1 Å². The molecule has 1 atom stereocenters. The molecule has 0 bridgehead atoms. The summed E-state index contributed by atoms with van der Waals surface area (Å²) in [7, 11) is 0. The van der Waals surface area contributed by atoms with Crippen molar-refractivity contribution in [2.24, 2.45) is 5.41 Å². The lowest BCUT2D eigenvalue weighted by molar-refractivity contribution is -0.123. The molecule has 1 aliphatic heterocycles. The average molecular weight is 354 g/mol. The number of aliphatic hydroxyl groups is 1. The number of aromatic nitrogens is 1. The SMILES string of the molecule is CC(C)(C)C(=O)C1=C(O)C(=O)N(c2cccc(F)c2)C1c1cccnc1.